The molecule has 284 valence electrons. The number of aliphatic hydroxyl groups excluding tert-OH is 1. The number of aliphatic imine (C=N–C) groups is 1. The van der Waals surface area contributed by atoms with Gasteiger partial charge < -0.3 is 24.9 Å². The second-order valence-corrected chi connectivity index (χ2v) is 17.4. The maximum absolute atomic E-state index is 14.5. The van der Waals surface area contributed by atoms with E-state index in [2.05, 4.69) is 88.6 Å². The van der Waals surface area contributed by atoms with Crippen molar-refractivity contribution in [2.75, 3.05) is 34.3 Å². The molecule has 0 bridgehead atoms. The van der Waals surface area contributed by atoms with Crippen molar-refractivity contribution < 1.29 is 28.0 Å². The summed E-state index contributed by atoms with van der Waals surface area (Å²) in [6.07, 6.45) is 4.54. The number of nitrogens with zero attached hydrogens (tertiary/aromatic N) is 7. The van der Waals surface area contributed by atoms with Gasteiger partial charge >= 0.3 is 0 Å². The molecule has 11 nitrogen and oxygen atoms in total. The molecule has 2 aliphatic rings. The molecule has 1 atom stereocenters. The molecule has 0 unspecified atom stereocenters. The summed E-state index contributed by atoms with van der Waals surface area (Å²) >= 11 is 0. The number of amides is 2. The van der Waals surface area contributed by atoms with Crippen molar-refractivity contribution in [1.29, 1.82) is 0 Å². The Balaban J connectivity index is 0.000000785. The summed E-state index contributed by atoms with van der Waals surface area (Å²) in [5, 5.41) is 25.5. The standard InChI is InChI=1S/C34H43F2N7O2.C5H14NO/c1-32(2,3)14-13-27(21-7-9-22(10-8-21)30(44)37-20-28-39-41-42-40-28)43-31(45)29(23-17-25(35)19-26(36)18-23)38-34(43)15-11-24(12-16-34)33(4,5)6;1-6(2,3)4-5-7/h7-10,17-19,24,27H,11-16,20H2,1-6H3,(H2,37,39,40,41,42,44);7H,4-5H2,1-3H3/q;+1/p-1/t24?,27-,34?;/m1./s1. The van der Waals surface area contributed by atoms with E-state index in [0.29, 0.717) is 36.6 Å². The van der Waals surface area contributed by atoms with Gasteiger partial charge in [-0.05, 0) is 85.1 Å². The van der Waals surface area contributed by atoms with Gasteiger partial charge in [-0.2, -0.15) is 5.21 Å². The lowest BCUT2D eigenvalue weighted by Crippen LogP contribution is -2.51. The minimum absolute atomic E-state index is 0.0140. The Morgan fingerprint density at radius 2 is 1.65 bits per heavy atom. The summed E-state index contributed by atoms with van der Waals surface area (Å²) < 4.78 is 29.6. The van der Waals surface area contributed by atoms with Gasteiger partial charge in [-0.3, -0.25) is 24.9 Å². The molecule has 1 aromatic heterocycles. The normalized spacial score (nSPS) is 20.0. The largest absolute Gasteiger partial charge is 0.391 e. The molecule has 0 saturated heterocycles. The van der Waals surface area contributed by atoms with Crippen LogP contribution in [-0.2, 0) is 11.3 Å². The van der Waals surface area contributed by atoms with Crippen molar-refractivity contribution in [2.45, 2.75) is 98.3 Å². The maximum Gasteiger partial charge on any atom is 0.275 e. The monoisotopic (exact) mass is 722 g/mol. The van der Waals surface area contributed by atoms with Crippen LogP contribution >= 0.6 is 0 Å². The molecule has 2 amide bonds. The Bertz CT molecular complexity index is 1660. The second kappa shape index (κ2) is 16.3. The highest BCUT2D eigenvalue weighted by Crippen LogP contribution is 2.50. The number of tetrazole rings is 1. The fourth-order valence-corrected chi connectivity index (χ4v) is 6.89. The number of aliphatic hydroxyl groups is 1. The van der Waals surface area contributed by atoms with Crippen LogP contribution in [0, 0.1) is 28.4 Å². The summed E-state index contributed by atoms with van der Waals surface area (Å²) in [4.78, 5) is 34.3. The van der Waals surface area contributed by atoms with Crippen molar-refractivity contribution in [3.63, 3.8) is 0 Å². The van der Waals surface area contributed by atoms with Crippen molar-refractivity contribution in [2.24, 2.45) is 21.7 Å². The molecule has 0 radical (unpaired) electrons. The second-order valence-electron chi connectivity index (χ2n) is 17.4. The van der Waals surface area contributed by atoms with E-state index in [9.17, 15) is 18.4 Å². The summed E-state index contributed by atoms with van der Waals surface area (Å²) in [6.45, 7) is 14.4. The number of quaternary nitrogens is 1. The van der Waals surface area contributed by atoms with E-state index in [1.165, 1.54) is 12.1 Å². The van der Waals surface area contributed by atoms with E-state index in [1.54, 1.807) is 12.1 Å². The first-order valence-electron chi connectivity index (χ1n) is 18.1. The van der Waals surface area contributed by atoms with Crippen LogP contribution in [0.3, 0.4) is 0 Å². The highest BCUT2D eigenvalue weighted by Gasteiger charge is 2.52. The minimum atomic E-state index is -0.836. The van der Waals surface area contributed by atoms with Crippen LogP contribution in [-0.4, -0.2) is 87.5 Å². The highest BCUT2D eigenvalue weighted by molar-refractivity contribution is 6.46. The van der Waals surface area contributed by atoms with E-state index in [4.69, 9.17) is 10.1 Å². The third-order valence-electron chi connectivity index (χ3n) is 9.91. The van der Waals surface area contributed by atoms with Crippen LogP contribution in [0.15, 0.2) is 47.5 Å². The number of hydrogen-bond donors (Lipinski definition) is 2. The Hall–Kier alpha value is -4.10. The zero-order valence-corrected chi connectivity index (χ0v) is 32.2. The molecule has 1 spiro atoms. The summed E-state index contributed by atoms with van der Waals surface area (Å²) in [6, 6.07) is 10.0. The summed E-state index contributed by atoms with van der Waals surface area (Å²) in [5.74, 6) is -1.35. The number of rotatable bonds is 10. The number of benzene rings is 2. The van der Waals surface area contributed by atoms with Gasteiger partial charge in [-0.1, -0.05) is 53.7 Å². The van der Waals surface area contributed by atoms with Crippen molar-refractivity contribution in [1.82, 2.24) is 30.8 Å². The average Bonchev–Trinajstić information content (AvgIpc) is 3.66. The highest BCUT2D eigenvalue weighted by atomic mass is 19.1. The quantitative estimate of drug-likeness (QED) is 0.251. The van der Waals surface area contributed by atoms with Gasteiger partial charge in [-0.25, -0.2) is 8.78 Å². The first-order chi connectivity index (χ1) is 24.2. The van der Waals surface area contributed by atoms with Gasteiger partial charge in [0.2, 0.25) is 0 Å². The predicted molar refractivity (Wildman–Crippen MR) is 196 cm³/mol. The van der Waals surface area contributed by atoms with E-state index < -0.39 is 17.3 Å². The predicted octanol–water partition coefficient (Wildman–Crippen LogP) is 5.85. The molecule has 2 heterocycles. The van der Waals surface area contributed by atoms with E-state index in [1.807, 2.05) is 17.0 Å². The number of carbonyl (C=O) groups excluding carboxylic acids is 2. The Morgan fingerprint density at radius 1 is 1.04 bits per heavy atom. The van der Waals surface area contributed by atoms with Crippen molar-refractivity contribution in [3.05, 3.63) is 76.6 Å². The number of nitrogens with one attached hydrogen (secondary N) is 1. The topological polar surface area (TPSA) is 135 Å². The fourth-order valence-electron chi connectivity index (χ4n) is 6.89. The number of halogens is 2. The molecule has 13 heteroatoms. The molecular formula is C39H56F2N8O3. The van der Waals surface area contributed by atoms with Gasteiger partial charge in [0, 0.05) is 29.6 Å². The molecule has 3 aromatic rings. The van der Waals surface area contributed by atoms with E-state index in [-0.39, 0.29) is 53.1 Å². The molecule has 1 aliphatic carbocycles. The van der Waals surface area contributed by atoms with E-state index in [0.717, 1.165) is 41.9 Å². The van der Waals surface area contributed by atoms with Crippen LogP contribution in [0.2, 0.25) is 0 Å². The van der Waals surface area contributed by atoms with Crippen molar-refractivity contribution >= 4 is 17.5 Å². The van der Waals surface area contributed by atoms with Crippen molar-refractivity contribution in [3.8, 4) is 0 Å². The fraction of sp³-hybridized carbons (Fsp3) is 0.590. The van der Waals surface area contributed by atoms with Crippen LogP contribution in [0.1, 0.15) is 113 Å². The van der Waals surface area contributed by atoms with Crippen LogP contribution in [0.4, 0.5) is 8.78 Å². The number of carbonyl (C=O) groups is 2. The first kappa shape index (κ1) is 40.7. The number of aromatic nitrogens is 4. The molecule has 1 aliphatic heterocycles. The first-order valence-corrected chi connectivity index (χ1v) is 18.1. The minimum Gasteiger partial charge on any atom is -0.391 e. The van der Waals surface area contributed by atoms with Gasteiger partial charge in [-0.15, -0.1) is 0 Å². The third-order valence-corrected chi connectivity index (χ3v) is 9.91. The maximum atomic E-state index is 14.5. The van der Waals surface area contributed by atoms with Gasteiger partial charge in [0.25, 0.3) is 11.8 Å². The molecule has 52 heavy (non-hydrogen) atoms. The lowest BCUT2D eigenvalue weighted by molar-refractivity contribution is -0.870. The zero-order valence-electron chi connectivity index (χ0n) is 32.2. The SMILES string of the molecule is CC(C)(C)CC[C@H](c1ccc(C(=O)NCc2nnn[n-]2)cc1)N1C(=O)C(c2cc(F)cc(F)c2)=NC12CCC(C(C)(C)C)CC2.C[N+](C)(C)CCO. The van der Waals surface area contributed by atoms with Crippen LogP contribution < -0.4 is 10.4 Å². The molecular weight excluding hydrogens is 666 g/mol. The third kappa shape index (κ3) is 10.7. The van der Waals surface area contributed by atoms with Crippen LogP contribution in [0.25, 0.3) is 0 Å². The lowest BCUT2D eigenvalue weighted by atomic mass is 9.69. The average molecular weight is 723 g/mol. The Labute approximate surface area is 306 Å². The zero-order chi connectivity index (χ0) is 38.5. The van der Waals surface area contributed by atoms with Gasteiger partial charge in [0.05, 0.1) is 33.8 Å². The molecule has 1 fully saturated rings. The van der Waals surface area contributed by atoms with Crippen LogP contribution in [0.5, 0.6) is 0 Å². The lowest BCUT2D eigenvalue weighted by Gasteiger charge is -2.47. The number of likely N-dealkylation sites (N-methyl/N-ethyl adjacent to an activating group) is 1. The summed E-state index contributed by atoms with van der Waals surface area (Å²) in [5.41, 5.74) is 0.822. The molecule has 2 N–H and O–H groups in total. The Morgan fingerprint density at radius 3 is 2.13 bits per heavy atom. The summed E-state index contributed by atoms with van der Waals surface area (Å²) in [7, 11) is 6.16. The molecule has 1 saturated carbocycles. The smallest absolute Gasteiger partial charge is 0.275 e. The Kier molecular flexibility index (Phi) is 12.7. The van der Waals surface area contributed by atoms with Gasteiger partial charge in [0.15, 0.2) is 0 Å². The van der Waals surface area contributed by atoms with E-state index >= 15 is 0 Å². The molecule has 5 rings (SSSR count). The number of hydrogen-bond acceptors (Lipinski definition) is 7. The van der Waals surface area contributed by atoms with Gasteiger partial charge in [0.1, 0.15) is 29.6 Å². The molecule has 2 aromatic carbocycles.